The molecule has 0 saturated heterocycles. The minimum absolute atomic E-state index is 0.492. The van der Waals surface area contributed by atoms with Crippen LogP contribution in [0.3, 0.4) is 0 Å². The van der Waals surface area contributed by atoms with Crippen LogP contribution in [0.1, 0.15) is 44.7 Å². The summed E-state index contributed by atoms with van der Waals surface area (Å²) in [5.41, 5.74) is 2.48. The molecule has 1 aromatic rings. The van der Waals surface area contributed by atoms with Gasteiger partial charge in [-0.05, 0) is 23.1 Å². The Labute approximate surface area is 97.8 Å². The third-order valence-corrected chi connectivity index (χ3v) is 2.80. The van der Waals surface area contributed by atoms with E-state index in [2.05, 4.69) is 51.2 Å². The van der Waals surface area contributed by atoms with Crippen molar-refractivity contribution in [2.24, 2.45) is 0 Å². The molecule has 1 N–H and O–H groups in total. The van der Waals surface area contributed by atoms with Crippen molar-refractivity contribution in [3.63, 3.8) is 0 Å². The molecule has 0 aromatic heterocycles. The summed E-state index contributed by atoms with van der Waals surface area (Å²) in [5.74, 6) is 0.537. The molecule has 0 aliphatic rings. The van der Waals surface area contributed by atoms with Crippen LogP contribution in [0.25, 0.3) is 0 Å². The average molecular weight is 226 g/mol. The van der Waals surface area contributed by atoms with Crippen LogP contribution in [0.5, 0.6) is 0 Å². The largest absolute Gasteiger partial charge is 0.310 e. The summed E-state index contributed by atoms with van der Waals surface area (Å²) in [5, 5.41) is 4.24. The van der Waals surface area contributed by atoms with E-state index in [0.29, 0.717) is 12.0 Å². The summed E-state index contributed by atoms with van der Waals surface area (Å²) in [7, 11) is 0. The first-order valence-electron chi connectivity index (χ1n) is 5.52. The zero-order valence-corrected chi connectivity index (χ0v) is 10.7. The second-order valence-corrected chi connectivity index (χ2v) is 4.95. The van der Waals surface area contributed by atoms with E-state index in [0.717, 1.165) is 11.6 Å². The predicted molar refractivity (Wildman–Crippen MR) is 67.5 cm³/mol. The zero-order valence-electron chi connectivity index (χ0n) is 9.97. The zero-order chi connectivity index (χ0) is 11.4. The van der Waals surface area contributed by atoms with E-state index in [1.165, 1.54) is 11.1 Å². The minimum Gasteiger partial charge on any atom is -0.310 e. The monoisotopic (exact) mass is 225 g/mol. The van der Waals surface area contributed by atoms with Crippen molar-refractivity contribution in [1.29, 1.82) is 0 Å². The Hall–Kier alpha value is -0.530. The smallest absolute Gasteiger partial charge is 0.0453 e. The molecule has 0 atom stereocenters. The van der Waals surface area contributed by atoms with Crippen molar-refractivity contribution in [3.8, 4) is 0 Å². The summed E-state index contributed by atoms with van der Waals surface area (Å²) in [4.78, 5) is 0. The molecule has 0 heterocycles. The van der Waals surface area contributed by atoms with Crippen LogP contribution >= 0.6 is 11.6 Å². The lowest BCUT2D eigenvalue weighted by Crippen LogP contribution is -2.21. The number of nitrogens with one attached hydrogen (secondary N) is 1. The van der Waals surface area contributed by atoms with Gasteiger partial charge in [-0.15, -0.1) is 0 Å². The van der Waals surface area contributed by atoms with Crippen molar-refractivity contribution in [2.75, 3.05) is 0 Å². The third kappa shape index (κ3) is 3.84. The highest BCUT2D eigenvalue weighted by atomic mass is 35.5. The maximum atomic E-state index is 6.22. The minimum atomic E-state index is 0.492. The molecule has 0 aliphatic heterocycles. The third-order valence-electron chi connectivity index (χ3n) is 2.44. The van der Waals surface area contributed by atoms with Crippen LogP contribution < -0.4 is 5.32 Å². The molecule has 1 aromatic carbocycles. The molecule has 0 radical (unpaired) electrons. The van der Waals surface area contributed by atoms with Crippen molar-refractivity contribution in [3.05, 3.63) is 34.3 Å². The molecule has 1 rings (SSSR count). The van der Waals surface area contributed by atoms with Gasteiger partial charge in [-0.3, -0.25) is 0 Å². The summed E-state index contributed by atoms with van der Waals surface area (Å²) < 4.78 is 0. The first-order chi connectivity index (χ1) is 7.00. The quantitative estimate of drug-likeness (QED) is 0.818. The number of halogens is 1. The maximum absolute atomic E-state index is 6.22. The Bertz CT molecular complexity index is 318. The second-order valence-electron chi connectivity index (χ2n) is 4.54. The molecule has 15 heavy (non-hydrogen) atoms. The van der Waals surface area contributed by atoms with Gasteiger partial charge in [0.15, 0.2) is 0 Å². The molecular formula is C13H20ClN. The van der Waals surface area contributed by atoms with Crippen molar-refractivity contribution in [2.45, 2.75) is 46.2 Å². The Kier molecular flexibility index (Phi) is 4.62. The van der Waals surface area contributed by atoms with E-state index >= 15 is 0 Å². The molecule has 0 amide bonds. The van der Waals surface area contributed by atoms with Crippen LogP contribution in [-0.4, -0.2) is 6.04 Å². The highest BCUT2D eigenvalue weighted by molar-refractivity contribution is 6.31. The molecule has 0 saturated carbocycles. The van der Waals surface area contributed by atoms with E-state index in [-0.39, 0.29) is 0 Å². The molecular weight excluding hydrogens is 206 g/mol. The van der Waals surface area contributed by atoms with Gasteiger partial charge in [-0.25, -0.2) is 0 Å². The normalized spacial score (nSPS) is 11.4. The van der Waals surface area contributed by atoms with Crippen molar-refractivity contribution >= 4 is 11.6 Å². The van der Waals surface area contributed by atoms with Crippen LogP contribution in [0.2, 0.25) is 5.02 Å². The molecule has 0 spiro atoms. The van der Waals surface area contributed by atoms with Crippen molar-refractivity contribution < 1.29 is 0 Å². The molecule has 0 unspecified atom stereocenters. The first kappa shape index (κ1) is 12.5. The van der Waals surface area contributed by atoms with E-state index < -0.39 is 0 Å². The van der Waals surface area contributed by atoms with Crippen LogP contribution in [0.15, 0.2) is 18.2 Å². The highest BCUT2D eigenvalue weighted by Crippen LogP contribution is 2.22. The van der Waals surface area contributed by atoms with Gasteiger partial charge in [-0.1, -0.05) is 51.4 Å². The average Bonchev–Trinajstić information content (AvgIpc) is 2.15. The van der Waals surface area contributed by atoms with Gasteiger partial charge < -0.3 is 5.32 Å². The molecule has 0 aliphatic carbocycles. The maximum Gasteiger partial charge on any atom is 0.0453 e. The summed E-state index contributed by atoms with van der Waals surface area (Å²) >= 11 is 6.22. The van der Waals surface area contributed by atoms with Gasteiger partial charge in [0.1, 0.15) is 0 Å². The van der Waals surface area contributed by atoms with Gasteiger partial charge >= 0.3 is 0 Å². The number of benzene rings is 1. The van der Waals surface area contributed by atoms with Gasteiger partial charge in [0.05, 0.1) is 0 Å². The number of hydrogen-bond acceptors (Lipinski definition) is 1. The molecule has 2 heteroatoms. The fraction of sp³-hybridized carbons (Fsp3) is 0.538. The first-order valence-corrected chi connectivity index (χ1v) is 5.90. The molecule has 0 bridgehead atoms. The second kappa shape index (κ2) is 5.53. The topological polar surface area (TPSA) is 12.0 Å². The fourth-order valence-corrected chi connectivity index (χ4v) is 1.64. The van der Waals surface area contributed by atoms with E-state index in [1.54, 1.807) is 0 Å². The number of hydrogen-bond donors (Lipinski definition) is 1. The van der Waals surface area contributed by atoms with Crippen molar-refractivity contribution in [1.82, 2.24) is 5.32 Å². The van der Waals surface area contributed by atoms with Gasteiger partial charge in [0.2, 0.25) is 0 Å². The molecule has 1 nitrogen and oxygen atoms in total. The highest BCUT2D eigenvalue weighted by Gasteiger charge is 2.04. The Balaban J connectivity index is 2.75. The number of rotatable bonds is 4. The van der Waals surface area contributed by atoms with Gasteiger partial charge in [-0.2, -0.15) is 0 Å². The Morgan fingerprint density at radius 3 is 2.33 bits per heavy atom. The van der Waals surface area contributed by atoms with E-state index in [1.807, 2.05) is 0 Å². The Morgan fingerprint density at radius 1 is 1.20 bits per heavy atom. The lowest BCUT2D eigenvalue weighted by atomic mass is 10.0. The molecule has 0 fully saturated rings. The van der Waals surface area contributed by atoms with Crippen LogP contribution in [0, 0.1) is 0 Å². The van der Waals surface area contributed by atoms with Crippen LogP contribution in [-0.2, 0) is 6.54 Å². The SMILES string of the molecule is CC(C)NCc1ccc(C(C)C)cc1Cl. The predicted octanol–water partition coefficient (Wildman–Crippen LogP) is 3.96. The standard InChI is InChI=1S/C13H20ClN/c1-9(2)11-5-6-12(13(14)7-11)8-15-10(3)4/h5-7,9-10,15H,8H2,1-4H3. The lowest BCUT2D eigenvalue weighted by Gasteiger charge is -2.12. The van der Waals surface area contributed by atoms with Crippen LogP contribution in [0.4, 0.5) is 0 Å². The van der Waals surface area contributed by atoms with Gasteiger partial charge in [0, 0.05) is 17.6 Å². The summed E-state index contributed by atoms with van der Waals surface area (Å²) in [6.45, 7) is 9.47. The molecule has 84 valence electrons. The lowest BCUT2D eigenvalue weighted by molar-refractivity contribution is 0.589. The Morgan fingerprint density at radius 2 is 1.87 bits per heavy atom. The summed E-state index contributed by atoms with van der Waals surface area (Å²) in [6, 6.07) is 6.84. The van der Waals surface area contributed by atoms with E-state index in [9.17, 15) is 0 Å². The fourth-order valence-electron chi connectivity index (χ4n) is 1.38. The summed E-state index contributed by atoms with van der Waals surface area (Å²) in [6.07, 6.45) is 0. The van der Waals surface area contributed by atoms with Gasteiger partial charge in [0.25, 0.3) is 0 Å². The van der Waals surface area contributed by atoms with E-state index in [4.69, 9.17) is 11.6 Å².